The number of aromatic nitrogens is 1. The topological polar surface area (TPSA) is 55.1 Å². The van der Waals surface area contributed by atoms with E-state index in [-0.39, 0.29) is 5.69 Å². The van der Waals surface area contributed by atoms with Crippen molar-refractivity contribution in [2.45, 2.75) is 12.3 Å². The van der Waals surface area contributed by atoms with Gasteiger partial charge >= 0.3 is 12.3 Å². The van der Waals surface area contributed by atoms with Crippen LogP contribution in [0.15, 0.2) is 16.9 Å². The van der Waals surface area contributed by atoms with Gasteiger partial charge in [0.05, 0.1) is 6.54 Å². The molecule has 0 fully saturated rings. The average Bonchev–Trinajstić information content (AvgIpc) is 2.66. The third-order valence-corrected chi connectivity index (χ3v) is 1.47. The normalized spacial score (nSPS) is 11.8. The molecule has 0 aromatic carbocycles. The molecule has 15 heavy (non-hydrogen) atoms. The second-order valence-corrected chi connectivity index (χ2v) is 2.63. The average molecular weight is 226 g/mol. The van der Waals surface area contributed by atoms with Crippen molar-refractivity contribution in [3.63, 3.8) is 0 Å². The van der Waals surface area contributed by atoms with Gasteiger partial charge in [-0.3, -0.25) is 4.79 Å². The molecular formula is C7H6F4N2O2. The van der Waals surface area contributed by atoms with Gasteiger partial charge in [0.25, 0.3) is 5.91 Å². The predicted octanol–water partition coefficient (Wildman–Crippen LogP) is 1.30. The number of halogens is 4. The van der Waals surface area contributed by atoms with Crippen molar-refractivity contribution < 1.29 is 26.9 Å². The van der Waals surface area contributed by atoms with Gasteiger partial charge in [-0.05, 0) is 0 Å². The van der Waals surface area contributed by atoms with Gasteiger partial charge in [-0.15, -0.1) is 0 Å². The summed E-state index contributed by atoms with van der Waals surface area (Å²) in [6.07, 6.45) is -2.77. The second kappa shape index (κ2) is 4.28. The lowest BCUT2D eigenvalue weighted by molar-refractivity contribution is -0.123. The Balaban J connectivity index is 2.48. The van der Waals surface area contributed by atoms with Gasteiger partial charge in [0.1, 0.15) is 6.26 Å². The highest BCUT2D eigenvalue weighted by molar-refractivity contribution is 5.91. The van der Waals surface area contributed by atoms with E-state index < -0.39 is 24.8 Å². The minimum atomic E-state index is -4.25. The van der Waals surface area contributed by atoms with Gasteiger partial charge in [0.15, 0.2) is 5.69 Å². The van der Waals surface area contributed by atoms with E-state index in [0.717, 1.165) is 12.3 Å². The van der Waals surface area contributed by atoms with Gasteiger partial charge < -0.3 is 9.84 Å². The highest BCUT2D eigenvalue weighted by Gasteiger charge is 2.40. The maximum absolute atomic E-state index is 12.3. The van der Waals surface area contributed by atoms with Gasteiger partial charge in [0, 0.05) is 6.07 Å². The fraction of sp³-hybridized carbons (Fsp3) is 0.429. The van der Waals surface area contributed by atoms with Crippen LogP contribution in [0.5, 0.6) is 0 Å². The Bertz CT molecular complexity index is 326. The van der Waals surface area contributed by atoms with Crippen molar-refractivity contribution in [1.29, 1.82) is 0 Å². The second-order valence-electron chi connectivity index (χ2n) is 2.63. The molecule has 4 nitrogen and oxygen atoms in total. The van der Waals surface area contributed by atoms with Crippen molar-refractivity contribution in [1.82, 2.24) is 10.5 Å². The van der Waals surface area contributed by atoms with E-state index in [0.29, 0.717) is 0 Å². The van der Waals surface area contributed by atoms with Crippen LogP contribution < -0.4 is 5.32 Å². The van der Waals surface area contributed by atoms with Crippen LogP contribution in [-0.4, -0.2) is 30.0 Å². The van der Waals surface area contributed by atoms with Crippen LogP contribution in [0.2, 0.25) is 0 Å². The van der Waals surface area contributed by atoms with Crippen LogP contribution in [-0.2, 0) is 0 Å². The smallest absolute Gasteiger partial charge is 0.324 e. The number of hydrogen-bond acceptors (Lipinski definition) is 3. The van der Waals surface area contributed by atoms with Crippen LogP contribution in [0.4, 0.5) is 17.6 Å². The molecule has 0 aliphatic rings. The van der Waals surface area contributed by atoms with Gasteiger partial charge in [-0.25, -0.2) is 8.78 Å². The number of alkyl halides is 4. The Labute approximate surface area is 81.2 Å². The minimum Gasteiger partial charge on any atom is -0.364 e. The fourth-order valence-electron chi connectivity index (χ4n) is 0.695. The van der Waals surface area contributed by atoms with Crippen LogP contribution in [0.1, 0.15) is 10.5 Å². The van der Waals surface area contributed by atoms with Crippen LogP contribution in [0, 0.1) is 0 Å². The van der Waals surface area contributed by atoms with Gasteiger partial charge in [-0.2, -0.15) is 8.78 Å². The quantitative estimate of drug-likeness (QED) is 0.787. The highest BCUT2D eigenvalue weighted by Crippen LogP contribution is 2.21. The molecule has 8 heteroatoms. The van der Waals surface area contributed by atoms with Crippen LogP contribution in [0.3, 0.4) is 0 Å². The Kier molecular flexibility index (Phi) is 3.28. The lowest BCUT2D eigenvalue weighted by Gasteiger charge is -2.14. The molecule has 0 saturated heterocycles. The molecule has 0 aliphatic carbocycles. The maximum atomic E-state index is 12.3. The van der Waals surface area contributed by atoms with Crippen molar-refractivity contribution >= 4 is 5.91 Å². The molecule has 1 heterocycles. The summed E-state index contributed by atoms with van der Waals surface area (Å²) < 4.78 is 52.3. The number of hydrogen-bond donors (Lipinski definition) is 1. The zero-order chi connectivity index (χ0) is 11.5. The molecule has 0 unspecified atom stereocenters. The number of nitrogens with zero attached hydrogens (tertiary/aromatic N) is 1. The molecule has 1 aromatic rings. The Morgan fingerprint density at radius 1 is 1.60 bits per heavy atom. The summed E-state index contributed by atoms with van der Waals surface area (Å²) in [7, 11) is 0. The summed E-state index contributed by atoms with van der Waals surface area (Å²) in [6, 6.07) is 1.12. The number of amides is 1. The molecule has 1 N–H and O–H groups in total. The third kappa shape index (κ3) is 2.93. The summed E-state index contributed by atoms with van der Waals surface area (Å²) in [4.78, 5) is 11.0. The van der Waals surface area contributed by atoms with Crippen molar-refractivity contribution in [2.24, 2.45) is 0 Å². The van der Waals surface area contributed by atoms with Crippen LogP contribution >= 0.6 is 0 Å². The highest BCUT2D eigenvalue weighted by atomic mass is 19.3. The predicted molar refractivity (Wildman–Crippen MR) is 39.8 cm³/mol. The van der Waals surface area contributed by atoms with Crippen molar-refractivity contribution in [3.8, 4) is 0 Å². The van der Waals surface area contributed by atoms with E-state index in [9.17, 15) is 22.4 Å². The van der Waals surface area contributed by atoms with Gasteiger partial charge in [-0.1, -0.05) is 5.16 Å². The Morgan fingerprint density at radius 2 is 2.27 bits per heavy atom. The Morgan fingerprint density at radius 3 is 2.73 bits per heavy atom. The maximum Gasteiger partial charge on any atom is 0.324 e. The molecule has 0 aliphatic heterocycles. The van der Waals surface area contributed by atoms with E-state index in [1.165, 1.54) is 0 Å². The standard InChI is InChI=1S/C7H6F4N2O2/c8-6(9)7(10,11)3-12-5(14)4-1-2-15-13-4/h1-2,6H,3H2,(H,12,14). The number of carbonyl (C=O) groups is 1. The van der Waals surface area contributed by atoms with Crippen molar-refractivity contribution in [2.75, 3.05) is 6.54 Å². The summed E-state index contributed by atoms with van der Waals surface area (Å²) in [6.45, 7) is -1.45. The molecule has 1 rings (SSSR count). The van der Waals surface area contributed by atoms with E-state index in [2.05, 4.69) is 9.68 Å². The first-order valence-electron chi connectivity index (χ1n) is 3.78. The van der Waals surface area contributed by atoms with E-state index in [4.69, 9.17) is 0 Å². The first-order valence-corrected chi connectivity index (χ1v) is 3.78. The monoisotopic (exact) mass is 226 g/mol. The Hall–Kier alpha value is -1.60. The number of nitrogens with one attached hydrogen (secondary N) is 1. The first kappa shape index (κ1) is 11.5. The molecule has 0 atom stereocenters. The molecule has 0 saturated carbocycles. The SMILES string of the molecule is O=C(NCC(F)(F)C(F)F)c1ccon1. The molecule has 0 spiro atoms. The zero-order valence-corrected chi connectivity index (χ0v) is 7.21. The summed E-state index contributed by atoms with van der Waals surface area (Å²) >= 11 is 0. The molecule has 0 bridgehead atoms. The van der Waals surface area contributed by atoms with E-state index >= 15 is 0 Å². The van der Waals surface area contributed by atoms with Crippen molar-refractivity contribution in [3.05, 3.63) is 18.0 Å². The summed E-state index contributed by atoms with van der Waals surface area (Å²) in [5.41, 5.74) is -0.250. The van der Waals surface area contributed by atoms with E-state index in [1.54, 1.807) is 5.32 Å². The number of carbonyl (C=O) groups excluding carboxylic acids is 1. The third-order valence-electron chi connectivity index (χ3n) is 1.47. The molecular weight excluding hydrogens is 220 g/mol. The first-order chi connectivity index (χ1) is 6.93. The molecule has 0 radical (unpaired) electrons. The minimum absolute atomic E-state index is 0.250. The molecule has 1 aromatic heterocycles. The molecule has 1 amide bonds. The molecule has 84 valence electrons. The van der Waals surface area contributed by atoms with E-state index in [1.807, 2.05) is 0 Å². The fourth-order valence-corrected chi connectivity index (χ4v) is 0.695. The largest absolute Gasteiger partial charge is 0.364 e. The number of rotatable bonds is 4. The van der Waals surface area contributed by atoms with Gasteiger partial charge in [0.2, 0.25) is 0 Å². The summed E-state index contributed by atoms with van der Waals surface area (Å²) in [5.74, 6) is -5.25. The van der Waals surface area contributed by atoms with Crippen LogP contribution in [0.25, 0.3) is 0 Å². The zero-order valence-electron chi connectivity index (χ0n) is 7.21. The summed E-state index contributed by atoms with van der Waals surface area (Å²) in [5, 5.41) is 4.76. The lowest BCUT2D eigenvalue weighted by Crippen LogP contribution is -2.41. The lowest BCUT2D eigenvalue weighted by atomic mass is 10.3.